The Bertz CT molecular complexity index is 192. The normalized spacial score (nSPS) is 27.6. The van der Waals surface area contributed by atoms with Crippen molar-refractivity contribution >= 4 is 0 Å². The fourth-order valence-electron chi connectivity index (χ4n) is 1.73. The van der Waals surface area contributed by atoms with Crippen LogP contribution in [-0.2, 0) is 4.74 Å². The van der Waals surface area contributed by atoms with E-state index >= 15 is 0 Å². The summed E-state index contributed by atoms with van der Waals surface area (Å²) in [5.41, 5.74) is 0.213. The summed E-state index contributed by atoms with van der Waals surface area (Å²) >= 11 is 0. The minimum Gasteiger partial charge on any atom is -0.374 e. The smallest absolute Gasteiger partial charge is 0.0704 e. The topological polar surface area (TPSA) is 24.5 Å². The summed E-state index contributed by atoms with van der Waals surface area (Å²) in [5.74, 6) is 0. The second-order valence-corrected chi connectivity index (χ2v) is 5.48. The zero-order valence-electron chi connectivity index (χ0n) is 10.8. The standard InChI is InChI=1S/C12H26N2O/c1-10-6-7-11(15-10)8-13-9-12(2,3)14(4)5/h10-11,13H,6-9H2,1-5H3. The van der Waals surface area contributed by atoms with Gasteiger partial charge in [-0.15, -0.1) is 0 Å². The number of nitrogens with one attached hydrogen (secondary N) is 1. The Morgan fingerprint density at radius 2 is 2.00 bits per heavy atom. The molecule has 1 heterocycles. The summed E-state index contributed by atoms with van der Waals surface area (Å²) < 4.78 is 5.76. The van der Waals surface area contributed by atoms with Gasteiger partial charge in [0.25, 0.3) is 0 Å². The van der Waals surface area contributed by atoms with Crippen molar-refractivity contribution in [1.82, 2.24) is 10.2 Å². The predicted molar refractivity (Wildman–Crippen MR) is 64.2 cm³/mol. The number of likely N-dealkylation sites (N-methyl/N-ethyl adjacent to an activating group) is 1. The lowest BCUT2D eigenvalue weighted by Gasteiger charge is -2.33. The van der Waals surface area contributed by atoms with Crippen molar-refractivity contribution in [3.05, 3.63) is 0 Å². The van der Waals surface area contributed by atoms with Crippen LogP contribution in [0.25, 0.3) is 0 Å². The maximum absolute atomic E-state index is 5.76. The van der Waals surface area contributed by atoms with Crippen LogP contribution < -0.4 is 5.32 Å². The van der Waals surface area contributed by atoms with Crippen molar-refractivity contribution in [2.24, 2.45) is 0 Å². The van der Waals surface area contributed by atoms with E-state index in [2.05, 4.69) is 45.1 Å². The summed E-state index contributed by atoms with van der Waals surface area (Å²) in [5, 5.41) is 3.50. The molecule has 1 fully saturated rings. The van der Waals surface area contributed by atoms with Gasteiger partial charge in [0.15, 0.2) is 0 Å². The van der Waals surface area contributed by atoms with Gasteiger partial charge < -0.3 is 15.0 Å². The third-order valence-electron chi connectivity index (χ3n) is 3.46. The average molecular weight is 214 g/mol. The lowest BCUT2D eigenvalue weighted by molar-refractivity contribution is 0.0536. The second kappa shape index (κ2) is 5.28. The molecule has 0 saturated carbocycles. The van der Waals surface area contributed by atoms with Crippen LogP contribution in [0.3, 0.4) is 0 Å². The first-order valence-corrected chi connectivity index (χ1v) is 5.95. The Morgan fingerprint density at radius 3 is 2.47 bits per heavy atom. The number of rotatable bonds is 5. The van der Waals surface area contributed by atoms with Crippen molar-refractivity contribution in [3.63, 3.8) is 0 Å². The molecule has 15 heavy (non-hydrogen) atoms. The SMILES string of the molecule is CC1CCC(CNCC(C)(C)N(C)C)O1. The van der Waals surface area contributed by atoms with Gasteiger partial charge in [-0.1, -0.05) is 0 Å². The molecule has 3 nitrogen and oxygen atoms in total. The summed E-state index contributed by atoms with van der Waals surface area (Å²) in [6, 6.07) is 0. The van der Waals surface area contributed by atoms with Crippen LogP contribution in [0, 0.1) is 0 Å². The van der Waals surface area contributed by atoms with Gasteiger partial charge in [0.1, 0.15) is 0 Å². The van der Waals surface area contributed by atoms with E-state index in [0.717, 1.165) is 13.1 Å². The fraction of sp³-hybridized carbons (Fsp3) is 1.00. The zero-order valence-corrected chi connectivity index (χ0v) is 10.8. The molecule has 2 atom stereocenters. The molecule has 90 valence electrons. The molecular formula is C12H26N2O. The number of hydrogen-bond donors (Lipinski definition) is 1. The Balaban J connectivity index is 2.16. The van der Waals surface area contributed by atoms with Crippen molar-refractivity contribution in [2.45, 2.75) is 51.4 Å². The molecule has 0 aromatic heterocycles. The van der Waals surface area contributed by atoms with Crippen molar-refractivity contribution in [2.75, 3.05) is 27.2 Å². The molecular weight excluding hydrogens is 188 g/mol. The summed E-state index contributed by atoms with van der Waals surface area (Å²) in [4.78, 5) is 2.25. The largest absolute Gasteiger partial charge is 0.374 e. The molecule has 1 aliphatic heterocycles. The first kappa shape index (κ1) is 12.9. The Morgan fingerprint density at radius 1 is 1.33 bits per heavy atom. The molecule has 0 aliphatic carbocycles. The number of ether oxygens (including phenoxy) is 1. The first-order chi connectivity index (χ1) is 6.92. The maximum Gasteiger partial charge on any atom is 0.0704 e. The molecule has 0 aromatic carbocycles. The van der Waals surface area contributed by atoms with E-state index in [4.69, 9.17) is 4.74 Å². The monoisotopic (exact) mass is 214 g/mol. The molecule has 0 amide bonds. The van der Waals surface area contributed by atoms with E-state index < -0.39 is 0 Å². The van der Waals surface area contributed by atoms with E-state index in [9.17, 15) is 0 Å². The van der Waals surface area contributed by atoms with E-state index in [1.54, 1.807) is 0 Å². The van der Waals surface area contributed by atoms with Gasteiger partial charge in [-0.2, -0.15) is 0 Å². The van der Waals surface area contributed by atoms with Gasteiger partial charge in [0.2, 0.25) is 0 Å². The van der Waals surface area contributed by atoms with E-state index in [0.29, 0.717) is 12.2 Å². The highest BCUT2D eigenvalue weighted by atomic mass is 16.5. The van der Waals surface area contributed by atoms with Crippen LogP contribution in [0.4, 0.5) is 0 Å². The van der Waals surface area contributed by atoms with Crippen molar-refractivity contribution < 1.29 is 4.74 Å². The van der Waals surface area contributed by atoms with Crippen molar-refractivity contribution in [1.29, 1.82) is 0 Å². The second-order valence-electron chi connectivity index (χ2n) is 5.48. The Kier molecular flexibility index (Phi) is 4.56. The fourth-order valence-corrected chi connectivity index (χ4v) is 1.73. The van der Waals surface area contributed by atoms with Crippen LogP contribution in [0.5, 0.6) is 0 Å². The van der Waals surface area contributed by atoms with Crippen LogP contribution in [0.1, 0.15) is 33.6 Å². The predicted octanol–water partition coefficient (Wildman–Crippen LogP) is 1.48. The first-order valence-electron chi connectivity index (χ1n) is 5.95. The van der Waals surface area contributed by atoms with Gasteiger partial charge in [-0.3, -0.25) is 0 Å². The minimum atomic E-state index is 0.213. The third kappa shape index (κ3) is 4.09. The van der Waals surface area contributed by atoms with Gasteiger partial charge in [0.05, 0.1) is 12.2 Å². The Hall–Kier alpha value is -0.120. The van der Waals surface area contributed by atoms with Crippen LogP contribution in [0.15, 0.2) is 0 Å². The number of nitrogens with zero attached hydrogens (tertiary/aromatic N) is 1. The molecule has 1 rings (SSSR count). The quantitative estimate of drug-likeness (QED) is 0.750. The van der Waals surface area contributed by atoms with Crippen molar-refractivity contribution in [3.8, 4) is 0 Å². The molecule has 0 bridgehead atoms. The highest BCUT2D eigenvalue weighted by molar-refractivity contribution is 4.81. The minimum absolute atomic E-state index is 0.213. The number of hydrogen-bond acceptors (Lipinski definition) is 3. The molecule has 1 aliphatic rings. The van der Waals surface area contributed by atoms with Gasteiger partial charge in [-0.25, -0.2) is 0 Å². The molecule has 3 heteroatoms. The lowest BCUT2D eigenvalue weighted by atomic mass is 10.0. The summed E-state index contributed by atoms with van der Waals surface area (Å²) in [7, 11) is 4.24. The van der Waals surface area contributed by atoms with E-state index in [1.165, 1.54) is 12.8 Å². The highest BCUT2D eigenvalue weighted by Gasteiger charge is 2.23. The van der Waals surface area contributed by atoms with E-state index in [1.807, 2.05) is 0 Å². The zero-order chi connectivity index (χ0) is 11.5. The summed E-state index contributed by atoms with van der Waals surface area (Å²) in [6.07, 6.45) is 3.30. The van der Waals surface area contributed by atoms with Gasteiger partial charge in [-0.05, 0) is 47.7 Å². The Labute approximate surface area is 94.2 Å². The molecule has 1 N–H and O–H groups in total. The molecule has 0 radical (unpaired) electrons. The van der Waals surface area contributed by atoms with Crippen LogP contribution >= 0.6 is 0 Å². The maximum atomic E-state index is 5.76. The third-order valence-corrected chi connectivity index (χ3v) is 3.46. The van der Waals surface area contributed by atoms with Gasteiger partial charge >= 0.3 is 0 Å². The molecule has 0 spiro atoms. The highest BCUT2D eigenvalue weighted by Crippen LogP contribution is 2.18. The lowest BCUT2D eigenvalue weighted by Crippen LogP contribution is -2.48. The van der Waals surface area contributed by atoms with Gasteiger partial charge in [0, 0.05) is 18.6 Å². The van der Waals surface area contributed by atoms with Crippen LogP contribution in [0.2, 0.25) is 0 Å². The molecule has 2 unspecified atom stereocenters. The summed E-state index contributed by atoms with van der Waals surface area (Å²) in [6.45, 7) is 8.65. The molecule has 1 saturated heterocycles. The van der Waals surface area contributed by atoms with E-state index in [-0.39, 0.29) is 5.54 Å². The molecule has 0 aromatic rings. The average Bonchev–Trinajstić information content (AvgIpc) is 2.51. The van der Waals surface area contributed by atoms with Crippen LogP contribution in [-0.4, -0.2) is 49.8 Å².